The Hall–Kier alpha value is -4.35. The van der Waals surface area contributed by atoms with Crippen molar-refractivity contribution in [2.75, 3.05) is 11.4 Å². The summed E-state index contributed by atoms with van der Waals surface area (Å²) in [5.74, 6) is -13.1. The van der Waals surface area contributed by atoms with Crippen LogP contribution in [-0.2, 0) is 28.1 Å². The van der Waals surface area contributed by atoms with E-state index < -0.39 is 74.8 Å². The van der Waals surface area contributed by atoms with Crippen LogP contribution in [0.2, 0.25) is 0 Å². The Kier molecular flexibility index (Phi) is 8.80. The van der Waals surface area contributed by atoms with Crippen molar-refractivity contribution in [1.82, 2.24) is 24.1 Å². The van der Waals surface area contributed by atoms with Gasteiger partial charge in [-0.1, -0.05) is 19.3 Å². The molecule has 1 aliphatic heterocycles. The third-order valence-corrected chi connectivity index (χ3v) is 10.5. The highest BCUT2D eigenvalue weighted by atomic mass is 32.2. The molecule has 1 saturated carbocycles. The zero-order chi connectivity index (χ0) is 33.6. The van der Waals surface area contributed by atoms with Gasteiger partial charge in [-0.05, 0) is 37.5 Å². The van der Waals surface area contributed by atoms with E-state index in [1.54, 1.807) is 6.20 Å². The van der Waals surface area contributed by atoms with Crippen LogP contribution in [0.25, 0.3) is 10.8 Å². The maximum Gasteiger partial charge on any atom is 0.276 e. The fourth-order valence-corrected chi connectivity index (χ4v) is 7.71. The Labute approximate surface area is 264 Å². The maximum atomic E-state index is 14.6. The molecule has 0 radical (unpaired) electrons. The van der Waals surface area contributed by atoms with Crippen molar-refractivity contribution in [3.63, 3.8) is 0 Å². The fraction of sp³-hybridized carbons (Fsp3) is 0.367. The van der Waals surface area contributed by atoms with Crippen molar-refractivity contribution >= 4 is 32.4 Å². The minimum Gasteiger partial charge on any atom is -0.374 e. The average molecular weight is 679 g/mol. The maximum absolute atomic E-state index is 14.6. The Balaban J connectivity index is 1.37. The van der Waals surface area contributed by atoms with E-state index in [1.165, 1.54) is 30.6 Å². The summed E-state index contributed by atoms with van der Waals surface area (Å²) in [6.45, 7) is -1.37. The number of sulfonamides is 1. The fourth-order valence-electron chi connectivity index (χ4n) is 5.96. The highest BCUT2D eigenvalue weighted by Gasteiger charge is 2.48. The minimum absolute atomic E-state index is 0.132. The molecule has 2 aromatic heterocycles. The van der Waals surface area contributed by atoms with E-state index in [4.69, 9.17) is 0 Å². The first-order valence-corrected chi connectivity index (χ1v) is 16.1. The topological polar surface area (TPSA) is 139 Å². The Morgan fingerprint density at radius 3 is 2.19 bits per heavy atom. The van der Waals surface area contributed by atoms with Gasteiger partial charge in [-0.25, -0.2) is 35.1 Å². The van der Waals surface area contributed by atoms with E-state index >= 15 is 0 Å². The second kappa shape index (κ2) is 12.7. The number of amides is 1. The van der Waals surface area contributed by atoms with Gasteiger partial charge in [0.25, 0.3) is 5.56 Å². The molecule has 1 aliphatic carbocycles. The molecule has 4 aromatic rings. The molecule has 0 bridgehead atoms. The van der Waals surface area contributed by atoms with Crippen molar-refractivity contribution in [3.8, 4) is 0 Å². The molecule has 6 rings (SSSR count). The third kappa shape index (κ3) is 5.76. The number of aliphatic hydroxyl groups is 1. The van der Waals surface area contributed by atoms with E-state index in [2.05, 4.69) is 15.1 Å². The molecule has 2 fully saturated rings. The summed E-state index contributed by atoms with van der Waals surface area (Å²) in [6, 6.07) is 2.62. The van der Waals surface area contributed by atoms with Gasteiger partial charge in [-0.3, -0.25) is 19.6 Å². The van der Waals surface area contributed by atoms with Crippen LogP contribution in [0, 0.1) is 29.1 Å². The summed E-state index contributed by atoms with van der Waals surface area (Å²) in [7, 11) is -5.39. The van der Waals surface area contributed by atoms with E-state index in [0.29, 0.717) is 10.00 Å². The van der Waals surface area contributed by atoms with Crippen LogP contribution >= 0.6 is 0 Å². The molecule has 1 unspecified atom stereocenters. The number of fused-ring (bicyclic) bond motifs is 1. The average Bonchev–Trinajstić information content (AvgIpc) is 3.05. The van der Waals surface area contributed by atoms with Crippen molar-refractivity contribution < 1.29 is 40.3 Å². The minimum atomic E-state index is -5.39. The largest absolute Gasteiger partial charge is 0.374 e. The van der Waals surface area contributed by atoms with Gasteiger partial charge in [0.05, 0.1) is 35.7 Å². The summed E-state index contributed by atoms with van der Waals surface area (Å²) in [4.78, 5) is 34.8. The van der Waals surface area contributed by atoms with Gasteiger partial charge in [-0.15, -0.1) is 0 Å². The number of hydrogen-bond acceptors (Lipinski definition) is 8. The van der Waals surface area contributed by atoms with Gasteiger partial charge >= 0.3 is 0 Å². The van der Waals surface area contributed by atoms with Crippen LogP contribution in [0.3, 0.4) is 0 Å². The van der Waals surface area contributed by atoms with Gasteiger partial charge in [0, 0.05) is 29.7 Å². The molecule has 2 aromatic carbocycles. The first kappa shape index (κ1) is 32.6. The lowest BCUT2D eigenvalue weighted by atomic mass is 9.87. The molecule has 0 spiro atoms. The molecule has 11 nitrogen and oxygen atoms in total. The number of carbonyl (C=O) groups excluding carboxylic acids is 1. The Bertz CT molecular complexity index is 2010. The molecule has 1 atom stereocenters. The van der Waals surface area contributed by atoms with Crippen molar-refractivity contribution in [1.29, 1.82) is 0 Å². The summed E-state index contributed by atoms with van der Waals surface area (Å²) < 4.78 is 98.5. The predicted octanol–water partition coefficient (Wildman–Crippen LogP) is 3.88. The van der Waals surface area contributed by atoms with Gasteiger partial charge in [0.2, 0.25) is 21.7 Å². The number of hydrogen-bond donors (Lipinski definition) is 1. The molecule has 1 amide bonds. The highest BCUT2D eigenvalue weighted by molar-refractivity contribution is 7.89. The van der Waals surface area contributed by atoms with E-state index in [9.17, 15) is 45.1 Å². The van der Waals surface area contributed by atoms with Crippen LogP contribution < -0.4 is 10.5 Å². The molecule has 3 heterocycles. The zero-order valence-electron chi connectivity index (χ0n) is 24.5. The van der Waals surface area contributed by atoms with E-state index in [-0.39, 0.29) is 35.3 Å². The smallest absolute Gasteiger partial charge is 0.276 e. The van der Waals surface area contributed by atoms with Gasteiger partial charge in [0.1, 0.15) is 12.8 Å². The molecule has 2 aliphatic rings. The predicted molar refractivity (Wildman–Crippen MR) is 156 cm³/mol. The molecule has 1 N–H and O–H groups in total. The monoisotopic (exact) mass is 678 g/mol. The first-order valence-electron chi connectivity index (χ1n) is 14.7. The SMILES string of the molecule is O=C(C1CCN1S(=O)(=O)c1c(F)c(F)c(F)c(F)c1F)N(Cc1cnc(C2CCCCC2)cn1)c1ccc2c(=O)n(CO)ncc2c1. The Morgan fingerprint density at radius 1 is 0.915 bits per heavy atom. The van der Waals surface area contributed by atoms with E-state index in [1.807, 2.05) is 0 Å². The number of rotatable bonds is 8. The normalized spacial score (nSPS) is 17.5. The number of benzene rings is 2. The lowest BCUT2D eigenvalue weighted by Gasteiger charge is -2.41. The number of carbonyl (C=O) groups is 1. The molecular weight excluding hydrogens is 651 g/mol. The molecule has 47 heavy (non-hydrogen) atoms. The second-order valence-corrected chi connectivity index (χ2v) is 13.2. The Morgan fingerprint density at radius 2 is 1.60 bits per heavy atom. The summed E-state index contributed by atoms with van der Waals surface area (Å²) in [5.41, 5.74) is 0.643. The van der Waals surface area contributed by atoms with Crippen molar-refractivity contribution in [2.24, 2.45) is 0 Å². The number of halogens is 5. The first-order chi connectivity index (χ1) is 22.4. The quantitative estimate of drug-likeness (QED) is 0.168. The zero-order valence-corrected chi connectivity index (χ0v) is 25.4. The highest BCUT2D eigenvalue weighted by Crippen LogP contribution is 2.35. The summed E-state index contributed by atoms with van der Waals surface area (Å²) in [6.07, 6.45) is 9.47. The lowest BCUT2D eigenvalue weighted by Crippen LogP contribution is -2.59. The number of aromatic nitrogens is 4. The summed E-state index contributed by atoms with van der Waals surface area (Å²) >= 11 is 0. The molecule has 17 heteroatoms. The van der Waals surface area contributed by atoms with Crippen molar-refractivity contribution in [3.05, 3.63) is 87.6 Å². The van der Waals surface area contributed by atoms with Crippen LogP contribution in [-0.4, -0.2) is 56.1 Å². The van der Waals surface area contributed by atoms with Crippen LogP contribution in [0.4, 0.5) is 27.6 Å². The van der Waals surface area contributed by atoms with Crippen LogP contribution in [0.15, 0.2) is 46.5 Å². The van der Waals surface area contributed by atoms with Gasteiger partial charge in [0.15, 0.2) is 28.2 Å². The van der Waals surface area contributed by atoms with Gasteiger partial charge in [-0.2, -0.15) is 9.40 Å². The lowest BCUT2D eigenvalue weighted by molar-refractivity contribution is -0.125. The number of nitrogens with zero attached hydrogens (tertiary/aromatic N) is 6. The van der Waals surface area contributed by atoms with Crippen LogP contribution in [0.5, 0.6) is 0 Å². The molecule has 1 saturated heterocycles. The van der Waals surface area contributed by atoms with E-state index in [0.717, 1.165) is 47.4 Å². The standard InChI is InChI=1S/C30H27F5N6O5S/c31-23-24(32)26(34)28(27(35)25(23)33)47(45,46)41-9-8-22(41)30(44)39(14-18-12-37-21(13-36-18)16-4-2-1-3-5-16)19-6-7-20-17(10-19)11-38-40(15-42)29(20)43/h6-7,10-13,16,22,42H,1-5,8-9,14-15H2. The molecule has 248 valence electrons. The third-order valence-electron chi connectivity index (χ3n) is 8.61. The van der Waals surface area contributed by atoms with Crippen molar-refractivity contribution in [2.45, 2.75) is 68.7 Å². The molecular formula is C30H27F5N6O5S. The summed E-state index contributed by atoms with van der Waals surface area (Å²) in [5, 5.41) is 13.7. The second-order valence-electron chi connectivity index (χ2n) is 11.4. The van der Waals surface area contributed by atoms with Gasteiger partial charge < -0.3 is 10.0 Å². The number of aliphatic hydroxyl groups excluding tert-OH is 1. The number of anilines is 1. The van der Waals surface area contributed by atoms with Crippen LogP contribution in [0.1, 0.15) is 55.8 Å².